The van der Waals surface area contributed by atoms with Gasteiger partial charge in [-0.25, -0.2) is 4.99 Å². The highest BCUT2D eigenvalue weighted by Crippen LogP contribution is 2.34. The van der Waals surface area contributed by atoms with Gasteiger partial charge in [0.2, 0.25) is 9.69 Å². The van der Waals surface area contributed by atoms with Crippen LogP contribution in [0.4, 0.5) is 0 Å². The standard InChI is InChI=1S/C10H9Cl4NO/c1-16-8(7-5-3-2-4-6-7)15-9(11)10(12,13)14/h2-6,9H,1H3/b15-8+. The van der Waals surface area contributed by atoms with Crippen LogP contribution < -0.4 is 0 Å². The molecule has 2 nitrogen and oxygen atoms in total. The molecule has 0 fully saturated rings. The van der Waals surface area contributed by atoms with Crippen LogP contribution in [-0.4, -0.2) is 22.3 Å². The van der Waals surface area contributed by atoms with E-state index in [2.05, 4.69) is 4.99 Å². The maximum Gasteiger partial charge on any atom is 0.226 e. The van der Waals surface area contributed by atoms with Crippen molar-refractivity contribution in [2.45, 2.75) is 9.29 Å². The Kier molecular flexibility index (Phi) is 5.19. The minimum atomic E-state index is -1.67. The summed E-state index contributed by atoms with van der Waals surface area (Å²) in [5.74, 6) is 0.326. The Morgan fingerprint density at radius 2 is 1.81 bits per heavy atom. The summed E-state index contributed by atoms with van der Waals surface area (Å²) in [6.07, 6.45) is 0. The van der Waals surface area contributed by atoms with Crippen LogP contribution in [0.5, 0.6) is 0 Å². The van der Waals surface area contributed by atoms with Gasteiger partial charge < -0.3 is 4.74 Å². The van der Waals surface area contributed by atoms with Crippen LogP contribution in [0.25, 0.3) is 0 Å². The second-order valence-corrected chi connectivity index (χ2v) is 5.66. The second-order valence-electron chi connectivity index (χ2n) is 2.88. The SMILES string of the molecule is CO/C(=N/C(Cl)C(Cl)(Cl)Cl)c1ccccc1. The largest absolute Gasteiger partial charge is 0.481 e. The van der Waals surface area contributed by atoms with Gasteiger partial charge in [0, 0.05) is 5.56 Å². The highest BCUT2D eigenvalue weighted by Gasteiger charge is 2.31. The minimum absolute atomic E-state index is 0.326. The first-order valence-corrected chi connectivity index (χ1v) is 5.90. The van der Waals surface area contributed by atoms with Crippen molar-refractivity contribution in [1.29, 1.82) is 0 Å². The van der Waals surface area contributed by atoms with Crippen LogP contribution in [0, 0.1) is 0 Å². The van der Waals surface area contributed by atoms with E-state index in [1.165, 1.54) is 7.11 Å². The van der Waals surface area contributed by atoms with E-state index in [9.17, 15) is 0 Å². The summed E-state index contributed by atoms with van der Waals surface area (Å²) in [5.41, 5.74) is -0.238. The predicted octanol–water partition coefficient (Wildman–Crippen LogP) is 4.01. The molecule has 0 N–H and O–H groups in total. The van der Waals surface area contributed by atoms with Gasteiger partial charge in [-0.05, 0) is 12.1 Å². The van der Waals surface area contributed by atoms with E-state index in [0.29, 0.717) is 5.90 Å². The topological polar surface area (TPSA) is 21.6 Å². The molecule has 0 aromatic heterocycles. The first-order valence-electron chi connectivity index (χ1n) is 4.33. The first-order chi connectivity index (χ1) is 7.45. The maximum atomic E-state index is 5.82. The van der Waals surface area contributed by atoms with E-state index in [1.54, 1.807) is 0 Å². The number of ether oxygens (including phenoxy) is 1. The van der Waals surface area contributed by atoms with Gasteiger partial charge in [0.25, 0.3) is 0 Å². The predicted molar refractivity (Wildman–Crippen MR) is 69.9 cm³/mol. The van der Waals surface area contributed by atoms with Crippen molar-refractivity contribution < 1.29 is 4.74 Å². The lowest BCUT2D eigenvalue weighted by Crippen LogP contribution is -2.20. The number of alkyl halides is 4. The second kappa shape index (κ2) is 5.97. The van der Waals surface area contributed by atoms with E-state index in [1.807, 2.05) is 30.3 Å². The fraction of sp³-hybridized carbons (Fsp3) is 0.300. The third kappa shape index (κ3) is 4.02. The first kappa shape index (κ1) is 13.9. The Hall–Kier alpha value is -0.150. The summed E-state index contributed by atoms with van der Waals surface area (Å²) in [6, 6.07) is 9.23. The molecule has 1 aromatic carbocycles. The van der Waals surface area contributed by atoms with E-state index >= 15 is 0 Å². The van der Waals surface area contributed by atoms with E-state index < -0.39 is 9.29 Å². The molecule has 0 amide bonds. The summed E-state index contributed by atoms with van der Waals surface area (Å²) in [5, 5.41) is 0. The molecular weight excluding hydrogens is 292 g/mol. The molecule has 16 heavy (non-hydrogen) atoms. The third-order valence-electron chi connectivity index (χ3n) is 1.71. The number of hydrogen-bond acceptors (Lipinski definition) is 2. The molecule has 0 aliphatic heterocycles. The number of rotatable bonds is 2. The number of methoxy groups -OCH3 is 1. The fourth-order valence-corrected chi connectivity index (χ4v) is 1.24. The highest BCUT2D eigenvalue weighted by atomic mass is 35.6. The third-order valence-corrected chi connectivity index (χ3v) is 3.09. The number of aliphatic imine (C=N–C) groups is 1. The molecule has 0 saturated carbocycles. The average Bonchev–Trinajstić information content (AvgIpc) is 2.25. The van der Waals surface area contributed by atoms with Crippen LogP contribution in [-0.2, 0) is 4.74 Å². The molecule has 0 aliphatic rings. The van der Waals surface area contributed by atoms with Crippen molar-refractivity contribution in [3.05, 3.63) is 35.9 Å². The fourth-order valence-electron chi connectivity index (χ4n) is 1.00. The van der Waals surface area contributed by atoms with Gasteiger partial charge in [-0.1, -0.05) is 64.6 Å². The zero-order valence-electron chi connectivity index (χ0n) is 8.33. The van der Waals surface area contributed by atoms with Gasteiger partial charge in [-0.3, -0.25) is 0 Å². The number of benzene rings is 1. The van der Waals surface area contributed by atoms with Crippen molar-refractivity contribution in [2.75, 3.05) is 7.11 Å². The molecule has 1 atom stereocenters. The number of halogens is 4. The van der Waals surface area contributed by atoms with Gasteiger partial charge in [-0.15, -0.1) is 0 Å². The number of hydrogen-bond donors (Lipinski definition) is 0. The van der Waals surface area contributed by atoms with E-state index in [0.717, 1.165) is 5.56 Å². The Bertz CT molecular complexity index is 361. The van der Waals surface area contributed by atoms with Crippen molar-refractivity contribution in [2.24, 2.45) is 4.99 Å². The van der Waals surface area contributed by atoms with Crippen LogP contribution >= 0.6 is 46.4 Å². The molecule has 6 heteroatoms. The number of nitrogens with zero attached hydrogens (tertiary/aromatic N) is 1. The minimum Gasteiger partial charge on any atom is -0.481 e. The Labute approximate surface area is 114 Å². The molecule has 0 bridgehead atoms. The van der Waals surface area contributed by atoms with Crippen molar-refractivity contribution >= 4 is 52.3 Å². The Balaban J connectivity index is 2.95. The van der Waals surface area contributed by atoms with Crippen LogP contribution in [0.1, 0.15) is 5.56 Å². The van der Waals surface area contributed by atoms with Crippen molar-refractivity contribution in [1.82, 2.24) is 0 Å². The van der Waals surface area contributed by atoms with Crippen molar-refractivity contribution in [3.8, 4) is 0 Å². The summed E-state index contributed by atoms with van der Waals surface area (Å²) in [7, 11) is 1.48. The molecule has 1 rings (SSSR count). The lowest BCUT2D eigenvalue weighted by molar-refractivity contribution is 0.401. The van der Waals surface area contributed by atoms with Crippen LogP contribution in [0.15, 0.2) is 35.3 Å². The smallest absolute Gasteiger partial charge is 0.226 e. The lowest BCUT2D eigenvalue weighted by atomic mass is 10.2. The highest BCUT2D eigenvalue weighted by molar-refractivity contribution is 6.70. The molecule has 0 aliphatic carbocycles. The molecule has 0 radical (unpaired) electrons. The normalized spacial score (nSPS) is 14.7. The summed E-state index contributed by atoms with van der Waals surface area (Å²) < 4.78 is 3.43. The quantitative estimate of drug-likeness (QED) is 0.350. The van der Waals surface area contributed by atoms with Gasteiger partial charge in [-0.2, -0.15) is 0 Å². The summed E-state index contributed by atoms with van der Waals surface area (Å²) in [4.78, 5) is 4.00. The lowest BCUT2D eigenvalue weighted by Gasteiger charge is -2.15. The summed E-state index contributed by atoms with van der Waals surface area (Å²) in [6.45, 7) is 0. The zero-order chi connectivity index (χ0) is 12.2. The van der Waals surface area contributed by atoms with Crippen LogP contribution in [0.3, 0.4) is 0 Å². The van der Waals surface area contributed by atoms with Gasteiger partial charge >= 0.3 is 0 Å². The molecule has 1 unspecified atom stereocenters. The molecule has 1 aromatic rings. The monoisotopic (exact) mass is 299 g/mol. The molecule has 0 heterocycles. The van der Waals surface area contributed by atoms with Gasteiger partial charge in [0.15, 0.2) is 5.50 Å². The molecule has 0 spiro atoms. The summed E-state index contributed by atoms with van der Waals surface area (Å²) >= 11 is 22.6. The molecular formula is C10H9Cl4NO. The molecule has 88 valence electrons. The van der Waals surface area contributed by atoms with Crippen molar-refractivity contribution in [3.63, 3.8) is 0 Å². The van der Waals surface area contributed by atoms with E-state index in [4.69, 9.17) is 51.1 Å². The Morgan fingerprint density at radius 3 is 2.25 bits per heavy atom. The Morgan fingerprint density at radius 1 is 1.25 bits per heavy atom. The van der Waals surface area contributed by atoms with Gasteiger partial charge in [0.05, 0.1) is 7.11 Å². The average molecular weight is 301 g/mol. The van der Waals surface area contributed by atoms with Gasteiger partial charge in [0.1, 0.15) is 0 Å². The van der Waals surface area contributed by atoms with E-state index in [-0.39, 0.29) is 0 Å². The maximum absolute atomic E-state index is 5.82. The van der Waals surface area contributed by atoms with Crippen LogP contribution in [0.2, 0.25) is 0 Å². The zero-order valence-corrected chi connectivity index (χ0v) is 11.4. The molecule has 0 saturated heterocycles.